The molecule has 0 unspecified atom stereocenters. The number of hydrogen-bond donors (Lipinski definition) is 0. The van der Waals surface area contributed by atoms with Crippen LogP contribution in [-0.2, 0) is 7.05 Å². The van der Waals surface area contributed by atoms with Crippen molar-refractivity contribution in [2.45, 2.75) is 0 Å². The lowest BCUT2D eigenvalue weighted by atomic mass is 10.00. The quantitative estimate of drug-likeness (QED) is 0.254. The number of aromatic nitrogens is 1. The van der Waals surface area contributed by atoms with E-state index in [2.05, 4.69) is 109 Å². The lowest BCUT2D eigenvalue weighted by molar-refractivity contribution is 1.02. The van der Waals surface area contributed by atoms with E-state index in [0.717, 1.165) is 0 Å². The van der Waals surface area contributed by atoms with Gasteiger partial charge >= 0.3 is 0 Å². The standard InChI is InChI=1S/C29H19NS/c1-30-28-20-8-3-2-7-18(20)13-16-25(28)24-11-6-10-21(29(24)30)19-14-15-23-22-9-4-5-12-26(22)31-27(23)17-19/h2-17H,1H3. The molecule has 0 radical (unpaired) electrons. The number of nitrogens with zero attached hydrogens (tertiary/aromatic N) is 1. The second-order valence-corrected chi connectivity index (χ2v) is 9.34. The fourth-order valence-corrected chi connectivity index (χ4v) is 6.34. The first kappa shape index (κ1) is 17.1. The molecule has 0 saturated carbocycles. The first-order valence-corrected chi connectivity index (χ1v) is 11.4. The van der Waals surface area contributed by atoms with Crippen LogP contribution in [0.15, 0.2) is 97.1 Å². The maximum absolute atomic E-state index is 2.39. The van der Waals surface area contributed by atoms with E-state index < -0.39 is 0 Å². The molecule has 1 nitrogen and oxygen atoms in total. The summed E-state index contributed by atoms with van der Waals surface area (Å²) in [6, 6.07) is 35.6. The highest BCUT2D eigenvalue weighted by Crippen LogP contribution is 2.40. The summed E-state index contributed by atoms with van der Waals surface area (Å²) in [6.45, 7) is 0. The van der Waals surface area contributed by atoms with Crippen molar-refractivity contribution in [3.05, 3.63) is 97.1 Å². The molecule has 0 aliphatic carbocycles. The minimum Gasteiger partial charge on any atom is -0.343 e. The lowest BCUT2D eigenvalue weighted by Crippen LogP contribution is -1.90. The van der Waals surface area contributed by atoms with E-state index in [1.54, 1.807) is 0 Å². The van der Waals surface area contributed by atoms with Crippen LogP contribution < -0.4 is 0 Å². The molecule has 0 aliphatic rings. The van der Waals surface area contributed by atoms with Crippen LogP contribution in [0, 0.1) is 0 Å². The molecule has 0 spiro atoms. The Morgan fingerprint density at radius 1 is 0.548 bits per heavy atom. The summed E-state index contributed by atoms with van der Waals surface area (Å²) in [5.41, 5.74) is 5.18. The van der Waals surface area contributed by atoms with Crippen molar-refractivity contribution in [3.63, 3.8) is 0 Å². The molecule has 31 heavy (non-hydrogen) atoms. The molecule has 0 saturated heterocycles. The highest BCUT2D eigenvalue weighted by molar-refractivity contribution is 7.25. The fourth-order valence-electron chi connectivity index (χ4n) is 5.19. The van der Waals surface area contributed by atoms with Crippen LogP contribution in [0.3, 0.4) is 0 Å². The summed E-state index contributed by atoms with van der Waals surface area (Å²) in [5.74, 6) is 0. The number of para-hydroxylation sites is 1. The Morgan fingerprint density at radius 2 is 1.26 bits per heavy atom. The molecule has 7 aromatic rings. The van der Waals surface area contributed by atoms with Crippen molar-refractivity contribution in [2.75, 3.05) is 0 Å². The van der Waals surface area contributed by atoms with Crippen molar-refractivity contribution >= 4 is 64.1 Å². The summed E-state index contributed by atoms with van der Waals surface area (Å²) < 4.78 is 5.08. The summed E-state index contributed by atoms with van der Waals surface area (Å²) in [6.07, 6.45) is 0. The normalized spacial score (nSPS) is 12.0. The van der Waals surface area contributed by atoms with Crippen molar-refractivity contribution in [1.29, 1.82) is 0 Å². The molecule has 2 aromatic heterocycles. The van der Waals surface area contributed by atoms with Gasteiger partial charge in [-0.1, -0.05) is 84.9 Å². The summed E-state index contributed by atoms with van der Waals surface area (Å²) in [7, 11) is 2.21. The molecule has 0 amide bonds. The number of thiophene rings is 1. The zero-order valence-electron chi connectivity index (χ0n) is 17.1. The zero-order chi connectivity index (χ0) is 20.5. The van der Waals surface area contributed by atoms with Gasteiger partial charge < -0.3 is 4.57 Å². The second kappa shape index (κ2) is 6.19. The molecule has 0 fully saturated rings. The first-order valence-electron chi connectivity index (χ1n) is 10.6. The maximum Gasteiger partial charge on any atom is 0.0568 e. The van der Waals surface area contributed by atoms with Crippen molar-refractivity contribution in [1.82, 2.24) is 4.57 Å². The molecule has 0 aliphatic heterocycles. The van der Waals surface area contributed by atoms with Gasteiger partial charge in [0, 0.05) is 48.9 Å². The topological polar surface area (TPSA) is 4.93 Å². The van der Waals surface area contributed by atoms with Crippen molar-refractivity contribution < 1.29 is 0 Å². The third-order valence-electron chi connectivity index (χ3n) is 6.59. The first-order chi connectivity index (χ1) is 15.3. The largest absolute Gasteiger partial charge is 0.343 e. The number of hydrogen-bond acceptors (Lipinski definition) is 1. The molecule has 0 bridgehead atoms. The minimum atomic E-state index is 1.28. The molecule has 0 atom stereocenters. The Hall–Kier alpha value is -3.62. The van der Waals surface area contributed by atoms with E-state index in [0.29, 0.717) is 0 Å². The SMILES string of the molecule is Cn1c2c(-c3ccc4c(c3)sc3ccccc34)cccc2c2ccc3ccccc3c21. The highest BCUT2D eigenvalue weighted by atomic mass is 32.1. The Bertz CT molecular complexity index is 1800. The van der Waals surface area contributed by atoms with Gasteiger partial charge in [-0.2, -0.15) is 0 Å². The number of fused-ring (bicyclic) bond motifs is 8. The average Bonchev–Trinajstić information content (AvgIpc) is 3.34. The summed E-state index contributed by atoms with van der Waals surface area (Å²) >= 11 is 1.88. The van der Waals surface area contributed by atoms with E-state index in [1.165, 1.54) is 63.9 Å². The van der Waals surface area contributed by atoms with Gasteiger partial charge in [0.2, 0.25) is 0 Å². The van der Waals surface area contributed by atoms with E-state index in [-0.39, 0.29) is 0 Å². The number of benzene rings is 5. The van der Waals surface area contributed by atoms with E-state index >= 15 is 0 Å². The summed E-state index contributed by atoms with van der Waals surface area (Å²) in [4.78, 5) is 0. The van der Waals surface area contributed by atoms with E-state index in [9.17, 15) is 0 Å². The van der Waals surface area contributed by atoms with Crippen LogP contribution in [0.1, 0.15) is 0 Å². The zero-order valence-corrected chi connectivity index (χ0v) is 17.9. The predicted octanol–water partition coefficient (Wildman–Crippen LogP) is 8.52. The molecular formula is C29H19NS. The van der Waals surface area contributed by atoms with Crippen LogP contribution in [0.5, 0.6) is 0 Å². The van der Waals surface area contributed by atoms with E-state index in [1.807, 2.05) is 11.3 Å². The van der Waals surface area contributed by atoms with Crippen molar-refractivity contribution in [3.8, 4) is 11.1 Å². The minimum absolute atomic E-state index is 1.28. The van der Waals surface area contributed by atoms with Gasteiger partial charge in [-0.05, 0) is 23.1 Å². The van der Waals surface area contributed by atoms with Crippen molar-refractivity contribution in [2.24, 2.45) is 7.05 Å². The molecule has 0 N–H and O–H groups in total. The van der Waals surface area contributed by atoms with Gasteiger partial charge in [-0.3, -0.25) is 0 Å². The van der Waals surface area contributed by atoms with Crippen LogP contribution in [0.4, 0.5) is 0 Å². The Balaban J connectivity index is 1.57. The van der Waals surface area contributed by atoms with Gasteiger partial charge in [-0.15, -0.1) is 11.3 Å². The second-order valence-electron chi connectivity index (χ2n) is 8.25. The number of aryl methyl sites for hydroxylation is 1. The molecule has 2 heteroatoms. The third kappa shape index (κ3) is 2.31. The van der Waals surface area contributed by atoms with E-state index in [4.69, 9.17) is 0 Å². The van der Waals surface area contributed by atoms with Gasteiger partial charge in [0.1, 0.15) is 0 Å². The number of rotatable bonds is 1. The predicted molar refractivity (Wildman–Crippen MR) is 136 cm³/mol. The smallest absolute Gasteiger partial charge is 0.0568 e. The average molecular weight is 414 g/mol. The maximum atomic E-state index is 2.39. The molecule has 5 aromatic carbocycles. The summed E-state index contributed by atoms with van der Waals surface area (Å²) in [5, 5.41) is 7.93. The van der Waals surface area contributed by atoms with Gasteiger partial charge in [0.05, 0.1) is 11.0 Å². The fraction of sp³-hybridized carbons (Fsp3) is 0.0345. The van der Waals surface area contributed by atoms with Gasteiger partial charge in [-0.25, -0.2) is 0 Å². The molecule has 2 heterocycles. The molecular weight excluding hydrogens is 394 g/mol. The van der Waals surface area contributed by atoms with Crippen LogP contribution >= 0.6 is 11.3 Å². The lowest BCUT2D eigenvalue weighted by Gasteiger charge is -2.08. The highest BCUT2D eigenvalue weighted by Gasteiger charge is 2.15. The Kier molecular flexibility index (Phi) is 3.42. The Morgan fingerprint density at radius 3 is 2.19 bits per heavy atom. The van der Waals surface area contributed by atoms with Gasteiger partial charge in [0.15, 0.2) is 0 Å². The Labute approximate surface area is 183 Å². The molecule has 146 valence electrons. The third-order valence-corrected chi connectivity index (χ3v) is 7.72. The van der Waals surface area contributed by atoms with Crippen LogP contribution in [-0.4, -0.2) is 4.57 Å². The molecule has 7 rings (SSSR count). The van der Waals surface area contributed by atoms with Crippen LogP contribution in [0.2, 0.25) is 0 Å². The van der Waals surface area contributed by atoms with Crippen LogP contribution in [0.25, 0.3) is 63.9 Å². The monoisotopic (exact) mass is 413 g/mol. The van der Waals surface area contributed by atoms with Gasteiger partial charge in [0.25, 0.3) is 0 Å².